The summed E-state index contributed by atoms with van der Waals surface area (Å²) in [6.07, 6.45) is 0. The number of hydrogen-bond acceptors (Lipinski definition) is 2. The summed E-state index contributed by atoms with van der Waals surface area (Å²) in [5.41, 5.74) is -0.516. The van der Waals surface area contributed by atoms with E-state index in [0.717, 1.165) is 24.3 Å². The molecule has 3 aromatic rings. The summed E-state index contributed by atoms with van der Waals surface area (Å²) in [5.74, 6) is -4.60. The number of nitrogens with zero attached hydrogens (tertiary/aromatic N) is 4. The molecule has 0 aromatic heterocycles. The molecule has 0 atom stereocenters. The second-order valence-corrected chi connectivity index (χ2v) is 6.35. The molecule has 0 amide bonds. The Morgan fingerprint density at radius 2 is 1.00 bits per heavy atom. The second kappa shape index (κ2) is 8.84. The number of rotatable bonds is 2. The lowest BCUT2D eigenvalue weighted by atomic mass is 9.94. The SMILES string of the molecule is [C-]#[N+]/C(C#N)=c1/cc(-c2ccc(F)c(F)c2)/c(=C(\C#N)[N+]#[C-])cc1-c1ccc(F)c(F)c1. The van der Waals surface area contributed by atoms with Crippen molar-refractivity contribution < 1.29 is 17.6 Å². The van der Waals surface area contributed by atoms with Gasteiger partial charge in [-0.2, -0.15) is 0 Å². The average Bonchev–Trinajstić information content (AvgIpc) is 2.79. The molecular formula is C24H8F4N4. The van der Waals surface area contributed by atoms with Gasteiger partial charge in [0.15, 0.2) is 23.3 Å². The monoisotopic (exact) mass is 428 g/mol. The third-order valence-electron chi connectivity index (χ3n) is 4.56. The van der Waals surface area contributed by atoms with Crippen LogP contribution in [0, 0.1) is 59.1 Å². The summed E-state index contributed by atoms with van der Waals surface area (Å²) in [6.45, 7) is 14.6. The lowest BCUT2D eigenvalue weighted by Crippen LogP contribution is -2.19. The number of hydrogen-bond donors (Lipinski definition) is 0. The van der Waals surface area contributed by atoms with Gasteiger partial charge in [-0.15, -0.1) is 0 Å². The topological polar surface area (TPSA) is 56.3 Å². The molecule has 0 aliphatic carbocycles. The lowest BCUT2D eigenvalue weighted by molar-refractivity contribution is 0.509. The van der Waals surface area contributed by atoms with Crippen LogP contribution in [0.3, 0.4) is 0 Å². The van der Waals surface area contributed by atoms with Crippen molar-refractivity contribution in [3.05, 3.63) is 105 Å². The molecule has 0 unspecified atom stereocenters. The Bertz CT molecular complexity index is 1410. The molecule has 0 saturated heterocycles. The Balaban J connectivity index is 2.61. The fourth-order valence-electron chi connectivity index (χ4n) is 3.09. The zero-order chi connectivity index (χ0) is 23.4. The van der Waals surface area contributed by atoms with Crippen LogP contribution in [-0.2, 0) is 0 Å². The van der Waals surface area contributed by atoms with Gasteiger partial charge >= 0.3 is 0 Å². The van der Waals surface area contributed by atoms with Crippen molar-refractivity contribution in [1.82, 2.24) is 0 Å². The molecule has 0 N–H and O–H groups in total. The number of halogens is 4. The van der Waals surface area contributed by atoms with E-state index >= 15 is 0 Å². The standard InChI is InChI=1S/C24H8F4N4/c1-31-23(11-29)17-9-16(14-4-6-20(26)22(28)8-14)18(24(12-30)32-2)10-15(17)13-3-5-19(25)21(27)7-13/h3-10H/b23-17-,24-18+. The molecule has 0 radical (unpaired) electrons. The van der Waals surface area contributed by atoms with E-state index < -0.39 is 34.7 Å². The Labute approximate surface area is 179 Å². The molecular weight excluding hydrogens is 420 g/mol. The van der Waals surface area contributed by atoms with Gasteiger partial charge in [-0.1, -0.05) is 24.3 Å². The molecule has 3 aromatic carbocycles. The zero-order valence-electron chi connectivity index (χ0n) is 15.9. The first-order chi connectivity index (χ1) is 15.3. The van der Waals surface area contributed by atoms with Gasteiger partial charge in [0.05, 0.1) is 25.3 Å². The van der Waals surface area contributed by atoms with Crippen LogP contribution in [0.15, 0.2) is 48.5 Å². The van der Waals surface area contributed by atoms with Gasteiger partial charge in [0.1, 0.15) is 0 Å². The Hall–Kier alpha value is -4.92. The van der Waals surface area contributed by atoms with E-state index in [-0.39, 0.29) is 32.7 Å². The maximum atomic E-state index is 13.9. The molecule has 0 aliphatic heterocycles. The molecule has 0 bridgehead atoms. The summed E-state index contributed by atoms with van der Waals surface area (Å²) in [7, 11) is 0. The van der Waals surface area contributed by atoms with E-state index in [1.165, 1.54) is 24.3 Å². The first-order valence-electron chi connectivity index (χ1n) is 8.73. The molecule has 0 saturated carbocycles. The van der Waals surface area contributed by atoms with Gasteiger partial charge in [0.25, 0.3) is 11.4 Å². The normalized spacial score (nSPS) is 12.0. The minimum Gasteiger partial charge on any atom is -0.226 e. The van der Waals surface area contributed by atoms with Gasteiger partial charge < -0.3 is 0 Å². The first kappa shape index (κ1) is 21.8. The van der Waals surface area contributed by atoms with Gasteiger partial charge in [-0.05, 0) is 57.0 Å². The minimum absolute atomic E-state index is 0.0146. The van der Waals surface area contributed by atoms with E-state index in [1.807, 2.05) is 0 Å². The summed E-state index contributed by atoms with van der Waals surface area (Å²) < 4.78 is 54.7. The summed E-state index contributed by atoms with van der Waals surface area (Å²) in [4.78, 5) is 6.31. The largest absolute Gasteiger partial charge is 0.269 e. The van der Waals surface area contributed by atoms with E-state index in [2.05, 4.69) is 9.69 Å². The highest BCUT2D eigenvalue weighted by molar-refractivity contribution is 5.82. The Morgan fingerprint density at radius 3 is 1.28 bits per heavy atom. The molecule has 0 spiro atoms. The quantitative estimate of drug-likeness (QED) is 0.440. The molecule has 0 heterocycles. The molecule has 8 heteroatoms. The van der Waals surface area contributed by atoms with Crippen LogP contribution in [0.5, 0.6) is 0 Å². The Kier molecular flexibility index (Phi) is 6.02. The van der Waals surface area contributed by atoms with Crippen molar-refractivity contribution in [2.24, 2.45) is 0 Å². The van der Waals surface area contributed by atoms with Crippen LogP contribution in [0.25, 0.3) is 43.3 Å². The van der Waals surface area contributed by atoms with E-state index in [9.17, 15) is 28.1 Å². The van der Waals surface area contributed by atoms with Gasteiger partial charge in [0.2, 0.25) is 0 Å². The molecule has 3 rings (SSSR count). The van der Waals surface area contributed by atoms with E-state index in [1.54, 1.807) is 12.1 Å². The van der Waals surface area contributed by atoms with Crippen molar-refractivity contribution in [2.75, 3.05) is 0 Å². The third-order valence-corrected chi connectivity index (χ3v) is 4.56. The highest BCUT2D eigenvalue weighted by atomic mass is 19.2. The van der Waals surface area contributed by atoms with Crippen molar-refractivity contribution in [3.63, 3.8) is 0 Å². The lowest BCUT2D eigenvalue weighted by Gasteiger charge is -2.11. The van der Waals surface area contributed by atoms with Crippen LogP contribution in [0.4, 0.5) is 17.6 Å². The zero-order valence-corrected chi connectivity index (χ0v) is 15.9. The maximum Gasteiger partial charge on any atom is 0.269 e. The number of nitriles is 2. The van der Waals surface area contributed by atoms with Crippen LogP contribution >= 0.6 is 0 Å². The fraction of sp³-hybridized carbons (Fsp3) is 0. The predicted molar refractivity (Wildman–Crippen MR) is 108 cm³/mol. The molecule has 152 valence electrons. The average molecular weight is 428 g/mol. The molecule has 0 aliphatic rings. The Morgan fingerprint density at radius 1 is 0.625 bits per heavy atom. The van der Waals surface area contributed by atoms with Gasteiger partial charge in [-0.25, -0.2) is 37.8 Å². The van der Waals surface area contributed by atoms with Crippen molar-refractivity contribution in [1.29, 1.82) is 10.5 Å². The molecule has 4 nitrogen and oxygen atoms in total. The van der Waals surface area contributed by atoms with Crippen LogP contribution < -0.4 is 10.4 Å². The fourth-order valence-corrected chi connectivity index (χ4v) is 3.09. The van der Waals surface area contributed by atoms with Crippen molar-refractivity contribution >= 4 is 11.4 Å². The van der Waals surface area contributed by atoms with E-state index in [4.69, 9.17) is 13.1 Å². The molecule has 0 fully saturated rings. The first-order valence-corrected chi connectivity index (χ1v) is 8.73. The van der Waals surface area contributed by atoms with Gasteiger partial charge in [0, 0.05) is 0 Å². The minimum atomic E-state index is -1.18. The number of benzene rings is 3. The van der Waals surface area contributed by atoms with E-state index in [0.29, 0.717) is 0 Å². The van der Waals surface area contributed by atoms with Gasteiger partial charge in [-0.3, -0.25) is 0 Å². The smallest absolute Gasteiger partial charge is 0.226 e. The second-order valence-electron chi connectivity index (χ2n) is 6.35. The van der Waals surface area contributed by atoms with Crippen LogP contribution in [0.1, 0.15) is 0 Å². The summed E-state index contributed by atoms with van der Waals surface area (Å²) in [6, 6.07) is 11.8. The third kappa shape index (κ3) is 3.90. The molecule has 32 heavy (non-hydrogen) atoms. The highest BCUT2D eigenvalue weighted by Crippen LogP contribution is 2.23. The van der Waals surface area contributed by atoms with Crippen LogP contribution in [0.2, 0.25) is 0 Å². The highest BCUT2D eigenvalue weighted by Gasteiger charge is 2.15. The maximum absolute atomic E-state index is 13.9. The summed E-state index contributed by atoms with van der Waals surface area (Å²) in [5, 5.41) is 18.8. The summed E-state index contributed by atoms with van der Waals surface area (Å²) >= 11 is 0. The van der Waals surface area contributed by atoms with Crippen LogP contribution in [-0.4, -0.2) is 0 Å². The predicted octanol–water partition coefficient (Wildman–Crippen LogP) is 4.68. The van der Waals surface area contributed by atoms with Crippen molar-refractivity contribution in [2.45, 2.75) is 0 Å². The van der Waals surface area contributed by atoms with Crippen molar-refractivity contribution in [3.8, 4) is 34.4 Å².